The molecular weight excluding hydrogens is 208 g/mol. The Balaban J connectivity index is 2.26. The van der Waals surface area contributed by atoms with E-state index in [1.165, 1.54) is 7.11 Å². The molecule has 0 saturated carbocycles. The van der Waals surface area contributed by atoms with Crippen molar-refractivity contribution in [3.05, 3.63) is 35.9 Å². The van der Waals surface area contributed by atoms with Gasteiger partial charge in [0.25, 0.3) is 0 Å². The summed E-state index contributed by atoms with van der Waals surface area (Å²) in [6.45, 7) is 0. The summed E-state index contributed by atoms with van der Waals surface area (Å²) in [5, 5.41) is 5.21. The molecule has 1 aromatic carbocycles. The highest BCUT2D eigenvalue weighted by Gasteiger charge is 2.38. The molecule has 0 bridgehead atoms. The van der Waals surface area contributed by atoms with Gasteiger partial charge in [0.1, 0.15) is 0 Å². The van der Waals surface area contributed by atoms with Crippen molar-refractivity contribution in [3.8, 4) is 0 Å². The zero-order valence-corrected chi connectivity index (χ0v) is 8.77. The standard InChI is InChI=1S/C11H12N2O3/c1-16-10(14)9-8(12-11(15)13-9)7-5-3-2-4-6-7/h2-6,8-9H,1H3,(H2,12,13,15)/t8-,9+/m0/s1. The van der Waals surface area contributed by atoms with Crippen LogP contribution in [-0.2, 0) is 9.53 Å². The Kier molecular flexibility index (Phi) is 2.76. The fourth-order valence-electron chi connectivity index (χ4n) is 1.75. The van der Waals surface area contributed by atoms with E-state index in [1.54, 1.807) is 0 Å². The number of ether oxygens (including phenoxy) is 1. The van der Waals surface area contributed by atoms with Gasteiger partial charge in [0.05, 0.1) is 13.2 Å². The van der Waals surface area contributed by atoms with Crippen molar-refractivity contribution in [1.29, 1.82) is 0 Å². The second-order valence-corrected chi connectivity index (χ2v) is 3.51. The molecule has 2 rings (SSSR count). The molecule has 1 aliphatic rings. The summed E-state index contributed by atoms with van der Waals surface area (Å²) in [4.78, 5) is 22.7. The van der Waals surface area contributed by atoms with Gasteiger partial charge >= 0.3 is 12.0 Å². The summed E-state index contributed by atoms with van der Waals surface area (Å²) in [6, 6.07) is 7.90. The van der Waals surface area contributed by atoms with E-state index in [-0.39, 0.29) is 12.1 Å². The summed E-state index contributed by atoms with van der Waals surface area (Å²) in [7, 11) is 1.30. The number of hydrogen-bond acceptors (Lipinski definition) is 3. The lowest BCUT2D eigenvalue weighted by Crippen LogP contribution is -2.36. The molecule has 0 radical (unpaired) electrons. The van der Waals surface area contributed by atoms with Crippen LogP contribution in [0.25, 0.3) is 0 Å². The molecule has 2 amide bonds. The number of carbonyl (C=O) groups excluding carboxylic acids is 2. The van der Waals surface area contributed by atoms with Crippen molar-refractivity contribution in [3.63, 3.8) is 0 Å². The van der Waals surface area contributed by atoms with Gasteiger partial charge in [-0.3, -0.25) is 0 Å². The van der Waals surface area contributed by atoms with Gasteiger partial charge in [0.15, 0.2) is 6.04 Å². The molecule has 1 aliphatic heterocycles. The maximum absolute atomic E-state index is 11.5. The van der Waals surface area contributed by atoms with E-state index in [0.717, 1.165) is 5.56 Å². The molecule has 0 aromatic heterocycles. The van der Waals surface area contributed by atoms with Crippen LogP contribution >= 0.6 is 0 Å². The zero-order chi connectivity index (χ0) is 11.5. The Hall–Kier alpha value is -2.04. The van der Waals surface area contributed by atoms with E-state index in [2.05, 4.69) is 15.4 Å². The Bertz CT molecular complexity index is 405. The quantitative estimate of drug-likeness (QED) is 0.716. The normalized spacial score (nSPS) is 23.4. The Morgan fingerprint density at radius 1 is 1.25 bits per heavy atom. The van der Waals surface area contributed by atoms with Crippen molar-refractivity contribution >= 4 is 12.0 Å². The summed E-state index contributed by atoms with van der Waals surface area (Å²) in [6.07, 6.45) is 0. The summed E-state index contributed by atoms with van der Waals surface area (Å²) in [5.74, 6) is -0.452. The number of amides is 2. The molecule has 1 fully saturated rings. The smallest absolute Gasteiger partial charge is 0.330 e. The molecule has 1 heterocycles. The van der Waals surface area contributed by atoms with Gasteiger partial charge < -0.3 is 15.4 Å². The van der Waals surface area contributed by atoms with Gasteiger partial charge in [-0.2, -0.15) is 0 Å². The van der Waals surface area contributed by atoms with Crippen LogP contribution in [0.4, 0.5) is 4.79 Å². The summed E-state index contributed by atoms with van der Waals surface area (Å²) < 4.78 is 4.64. The van der Waals surface area contributed by atoms with Crippen molar-refractivity contribution in [2.75, 3.05) is 7.11 Å². The minimum atomic E-state index is -0.667. The van der Waals surface area contributed by atoms with Crippen molar-refractivity contribution in [1.82, 2.24) is 10.6 Å². The lowest BCUT2D eigenvalue weighted by molar-refractivity contribution is -0.143. The molecule has 1 saturated heterocycles. The van der Waals surface area contributed by atoms with E-state index in [4.69, 9.17) is 0 Å². The first-order valence-electron chi connectivity index (χ1n) is 4.92. The number of methoxy groups -OCH3 is 1. The third-order valence-corrected chi connectivity index (χ3v) is 2.52. The van der Waals surface area contributed by atoms with Crippen LogP contribution in [0.15, 0.2) is 30.3 Å². The van der Waals surface area contributed by atoms with Crippen LogP contribution in [-0.4, -0.2) is 25.2 Å². The van der Waals surface area contributed by atoms with Gasteiger partial charge in [-0.05, 0) is 5.56 Å². The van der Waals surface area contributed by atoms with Crippen molar-refractivity contribution in [2.45, 2.75) is 12.1 Å². The van der Waals surface area contributed by atoms with Crippen LogP contribution in [0, 0.1) is 0 Å². The lowest BCUT2D eigenvalue weighted by atomic mass is 10.0. The maximum atomic E-state index is 11.5. The number of rotatable bonds is 2. The predicted octanol–water partition coefficient (Wildman–Crippen LogP) is 0.582. The molecule has 84 valence electrons. The molecule has 5 heteroatoms. The minimum Gasteiger partial charge on any atom is -0.467 e. The lowest BCUT2D eigenvalue weighted by Gasteiger charge is -2.16. The Morgan fingerprint density at radius 2 is 1.94 bits per heavy atom. The fourth-order valence-corrected chi connectivity index (χ4v) is 1.75. The topological polar surface area (TPSA) is 67.4 Å². The molecule has 16 heavy (non-hydrogen) atoms. The Labute approximate surface area is 92.8 Å². The number of urea groups is 1. The van der Waals surface area contributed by atoms with Crippen LogP contribution in [0.2, 0.25) is 0 Å². The van der Waals surface area contributed by atoms with Crippen LogP contribution in [0.3, 0.4) is 0 Å². The third-order valence-electron chi connectivity index (χ3n) is 2.52. The molecule has 0 spiro atoms. The minimum absolute atomic E-state index is 0.357. The number of nitrogens with one attached hydrogen (secondary N) is 2. The highest BCUT2D eigenvalue weighted by atomic mass is 16.5. The average molecular weight is 220 g/mol. The third kappa shape index (κ3) is 1.84. The second kappa shape index (κ2) is 4.22. The fraction of sp³-hybridized carbons (Fsp3) is 0.273. The van der Waals surface area contributed by atoms with E-state index >= 15 is 0 Å². The van der Waals surface area contributed by atoms with Gasteiger partial charge in [-0.1, -0.05) is 30.3 Å². The zero-order valence-electron chi connectivity index (χ0n) is 8.77. The molecule has 2 atom stereocenters. The monoisotopic (exact) mass is 220 g/mol. The highest BCUT2D eigenvalue weighted by molar-refractivity contribution is 5.88. The summed E-state index contributed by atoms with van der Waals surface area (Å²) >= 11 is 0. The Morgan fingerprint density at radius 3 is 2.56 bits per heavy atom. The predicted molar refractivity (Wildman–Crippen MR) is 56.7 cm³/mol. The van der Waals surface area contributed by atoms with Crippen molar-refractivity contribution in [2.24, 2.45) is 0 Å². The molecule has 1 aromatic rings. The number of esters is 1. The maximum Gasteiger partial charge on any atom is 0.330 e. The van der Waals surface area contributed by atoms with Crippen LogP contribution in [0.1, 0.15) is 11.6 Å². The van der Waals surface area contributed by atoms with E-state index in [9.17, 15) is 9.59 Å². The highest BCUT2D eigenvalue weighted by Crippen LogP contribution is 2.21. The van der Waals surface area contributed by atoms with E-state index in [1.807, 2.05) is 30.3 Å². The molecular formula is C11H12N2O3. The second-order valence-electron chi connectivity index (χ2n) is 3.51. The van der Waals surface area contributed by atoms with Gasteiger partial charge in [-0.25, -0.2) is 9.59 Å². The first kappa shape index (κ1) is 10.5. The number of carbonyl (C=O) groups is 2. The average Bonchev–Trinajstić information content (AvgIpc) is 2.71. The number of hydrogen-bond donors (Lipinski definition) is 2. The molecule has 0 aliphatic carbocycles. The molecule has 5 nitrogen and oxygen atoms in total. The SMILES string of the molecule is COC(=O)[C@@H]1NC(=O)N[C@H]1c1ccccc1. The first-order chi connectivity index (χ1) is 7.72. The largest absolute Gasteiger partial charge is 0.467 e. The van der Waals surface area contributed by atoms with Crippen LogP contribution in [0.5, 0.6) is 0 Å². The van der Waals surface area contributed by atoms with Gasteiger partial charge in [-0.15, -0.1) is 0 Å². The summed E-state index contributed by atoms with van der Waals surface area (Å²) in [5.41, 5.74) is 0.872. The van der Waals surface area contributed by atoms with Gasteiger partial charge in [0, 0.05) is 0 Å². The van der Waals surface area contributed by atoms with Crippen LogP contribution < -0.4 is 10.6 Å². The molecule has 0 unspecified atom stereocenters. The van der Waals surface area contributed by atoms with E-state index in [0.29, 0.717) is 0 Å². The van der Waals surface area contributed by atoms with E-state index < -0.39 is 12.0 Å². The van der Waals surface area contributed by atoms with Gasteiger partial charge in [0.2, 0.25) is 0 Å². The molecule has 2 N–H and O–H groups in total. The first-order valence-corrected chi connectivity index (χ1v) is 4.92. The van der Waals surface area contributed by atoms with Crippen molar-refractivity contribution < 1.29 is 14.3 Å². The number of benzene rings is 1.